The Balaban J connectivity index is 2.15. The number of carbonyl (C=O) groups excluding carboxylic acids is 1. The number of thiazole rings is 1. The first-order valence-corrected chi connectivity index (χ1v) is 7.47. The van der Waals surface area contributed by atoms with E-state index in [0.717, 1.165) is 22.7 Å². The van der Waals surface area contributed by atoms with Crippen LogP contribution >= 0.6 is 11.3 Å². The molecule has 2 aromatic rings. The van der Waals surface area contributed by atoms with E-state index in [4.69, 9.17) is 5.73 Å². The van der Waals surface area contributed by atoms with Gasteiger partial charge in [-0.1, -0.05) is 37.3 Å². The minimum Gasteiger partial charge on any atom is -0.368 e. The first-order chi connectivity index (χ1) is 9.61. The van der Waals surface area contributed by atoms with Gasteiger partial charge in [-0.05, 0) is 19.0 Å². The van der Waals surface area contributed by atoms with Gasteiger partial charge in [0.05, 0.1) is 10.7 Å². The summed E-state index contributed by atoms with van der Waals surface area (Å²) < 4.78 is 0. The van der Waals surface area contributed by atoms with Crippen LogP contribution in [0, 0.1) is 0 Å². The Morgan fingerprint density at radius 3 is 2.65 bits per heavy atom. The van der Waals surface area contributed by atoms with E-state index in [1.807, 2.05) is 47.7 Å². The molecule has 0 unspecified atom stereocenters. The number of likely N-dealkylation sites (N-methyl/N-ethyl adjacent to an activating group) is 1. The zero-order valence-electron chi connectivity index (χ0n) is 11.7. The van der Waals surface area contributed by atoms with Gasteiger partial charge in [-0.15, -0.1) is 11.3 Å². The maximum Gasteiger partial charge on any atom is 0.239 e. The van der Waals surface area contributed by atoms with Crippen molar-refractivity contribution in [3.63, 3.8) is 0 Å². The number of carbonyl (C=O) groups is 1. The molecule has 0 saturated heterocycles. The van der Waals surface area contributed by atoms with Gasteiger partial charge in [-0.3, -0.25) is 9.69 Å². The first kappa shape index (κ1) is 14.7. The maximum atomic E-state index is 11.8. The zero-order valence-corrected chi connectivity index (χ0v) is 12.6. The normalized spacial score (nSPS) is 12.6. The molecule has 1 amide bonds. The Hall–Kier alpha value is -1.72. The fourth-order valence-electron chi connectivity index (χ4n) is 2.20. The monoisotopic (exact) mass is 289 g/mol. The predicted octanol–water partition coefficient (Wildman–Crippen LogP) is 2.36. The number of aromatic nitrogens is 1. The summed E-state index contributed by atoms with van der Waals surface area (Å²) in [4.78, 5) is 18.2. The van der Waals surface area contributed by atoms with Crippen LogP contribution in [-0.2, 0) is 17.8 Å². The van der Waals surface area contributed by atoms with E-state index >= 15 is 0 Å². The molecule has 0 spiro atoms. The van der Waals surface area contributed by atoms with Crippen molar-refractivity contribution in [3.8, 4) is 0 Å². The molecule has 20 heavy (non-hydrogen) atoms. The van der Waals surface area contributed by atoms with Crippen LogP contribution in [0.4, 0.5) is 0 Å². The molecule has 1 aromatic heterocycles. The number of rotatable bonds is 6. The lowest BCUT2D eigenvalue weighted by atomic mass is 10.1. The quantitative estimate of drug-likeness (QED) is 0.888. The summed E-state index contributed by atoms with van der Waals surface area (Å²) in [5, 5.41) is 3.15. The Morgan fingerprint density at radius 1 is 1.40 bits per heavy atom. The largest absolute Gasteiger partial charge is 0.368 e. The van der Waals surface area contributed by atoms with Crippen molar-refractivity contribution in [3.05, 3.63) is 52.0 Å². The van der Waals surface area contributed by atoms with Crippen LogP contribution in [0.15, 0.2) is 35.7 Å². The Labute approximate surface area is 123 Å². The van der Waals surface area contributed by atoms with Crippen molar-refractivity contribution >= 4 is 17.2 Å². The highest BCUT2D eigenvalue weighted by atomic mass is 32.1. The molecule has 0 radical (unpaired) electrons. The second-order valence-corrected chi connectivity index (χ2v) is 5.66. The van der Waals surface area contributed by atoms with Gasteiger partial charge >= 0.3 is 0 Å². The minimum absolute atomic E-state index is 0.343. The number of primary amides is 1. The molecule has 106 valence electrons. The molecule has 2 N–H and O–H groups in total. The summed E-state index contributed by atoms with van der Waals surface area (Å²) in [5.74, 6) is -0.343. The molecule has 1 heterocycles. The molecule has 0 saturated carbocycles. The van der Waals surface area contributed by atoms with Crippen molar-refractivity contribution in [1.82, 2.24) is 9.88 Å². The second kappa shape index (κ2) is 6.63. The van der Waals surface area contributed by atoms with Gasteiger partial charge in [-0.25, -0.2) is 4.98 Å². The van der Waals surface area contributed by atoms with E-state index in [0.29, 0.717) is 6.54 Å². The highest BCUT2D eigenvalue weighted by Crippen LogP contribution is 2.21. The van der Waals surface area contributed by atoms with E-state index in [9.17, 15) is 4.79 Å². The summed E-state index contributed by atoms with van der Waals surface area (Å²) in [6.07, 6.45) is 0.937. The van der Waals surface area contributed by atoms with Gasteiger partial charge in [0.1, 0.15) is 6.04 Å². The van der Waals surface area contributed by atoms with Gasteiger partial charge in [-0.2, -0.15) is 0 Å². The van der Waals surface area contributed by atoms with Crippen molar-refractivity contribution in [1.29, 1.82) is 0 Å². The fraction of sp³-hybridized carbons (Fsp3) is 0.333. The molecule has 0 aliphatic carbocycles. The van der Waals surface area contributed by atoms with Gasteiger partial charge in [0, 0.05) is 11.9 Å². The molecule has 0 aliphatic heterocycles. The lowest BCUT2D eigenvalue weighted by Gasteiger charge is -2.25. The SMILES string of the molecule is CCc1nc(CN(C)[C@@H](C(N)=O)c2ccccc2)cs1. The van der Waals surface area contributed by atoms with Crippen molar-refractivity contribution in [2.24, 2.45) is 5.73 Å². The predicted molar refractivity (Wildman–Crippen MR) is 81.3 cm³/mol. The van der Waals surface area contributed by atoms with Gasteiger partial charge in [0.15, 0.2) is 0 Å². The van der Waals surface area contributed by atoms with Crippen LogP contribution < -0.4 is 5.73 Å². The average Bonchev–Trinajstić information content (AvgIpc) is 2.87. The summed E-state index contributed by atoms with van der Waals surface area (Å²) in [6, 6.07) is 9.17. The molecule has 0 aliphatic rings. The summed E-state index contributed by atoms with van der Waals surface area (Å²) in [6.45, 7) is 2.70. The Kier molecular flexibility index (Phi) is 4.87. The van der Waals surface area contributed by atoms with Crippen LogP contribution in [0.3, 0.4) is 0 Å². The fourth-order valence-corrected chi connectivity index (χ4v) is 2.94. The number of amides is 1. The third-order valence-electron chi connectivity index (χ3n) is 3.14. The standard InChI is InChI=1S/C15H19N3OS/c1-3-13-17-12(10-20-13)9-18(2)14(15(16)19)11-7-5-4-6-8-11/h4-8,10,14H,3,9H2,1-2H3,(H2,16,19)/t14-/m1/s1. The zero-order chi connectivity index (χ0) is 14.5. The smallest absolute Gasteiger partial charge is 0.239 e. The van der Waals surface area contributed by atoms with Crippen LogP contribution in [0.25, 0.3) is 0 Å². The van der Waals surface area contributed by atoms with Crippen LogP contribution in [-0.4, -0.2) is 22.8 Å². The molecule has 2 rings (SSSR count). The molecule has 0 fully saturated rings. The third kappa shape index (κ3) is 3.43. The number of hydrogen-bond donors (Lipinski definition) is 1. The van der Waals surface area contributed by atoms with Gasteiger partial charge in [0.2, 0.25) is 5.91 Å². The van der Waals surface area contributed by atoms with Crippen molar-refractivity contribution in [2.45, 2.75) is 25.9 Å². The number of nitrogens with two attached hydrogens (primary N) is 1. The molecule has 1 aromatic carbocycles. The first-order valence-electron chi connectivity index (χ1n) is 6.59. The maximum absolute atomic E-state index is 11.8. The lowest BCUT2D eigenvalue weighted by molar-refractivity contribution is -0.123. The van der Waals surface area contributed by atoms with E-state index in [1.54, 1.807) is 11.3 Å². The number of hydrogen-bond acceptors (Lipinski definition) is 4. The summed E-state index contributed by atoms with van der Waals surface area (Å²) in [5.41, 5.74) is 7.45. The van der Waals surface area contributed by atoms with Crippen LogP contribution in [0.5, 0.6) is 0 Å². The van der Waals surface area contributed by atoms with E-state index < -0.39 is 6.04 Å². The summed E-state index contributed by atoms with van der Waals surface area (Å²) >= 11 is 1.65. The molecular weight excluding hydrogens is 270 g/mol. The minimum atomic E-state index is -0.428. The van der Waals surface area contributed by atoms with E-state index in [1.165, 1.54) is 0 Å². The number of nitrogens with zero attached hydrogens (tertiary/aromatic N) is 2. The van der Waals surface area contributed by atoms with Crippen LogP contribution in [0.2, 0.25) is 0 Å². The highest BCUT2D eigenvalue weighted by molar-refractivity contribution is 7.09. The molecule has 4 nitrogen and oxygen atoms in total. The molecular formula is C15H19N3OS. The molecule has 0 bridgehead atoms. The molecule has 1 atom stereocenters. The third-order valence-corrected chi connectivity index (χ3v) is 4.18. The van der Waals surface area contributed by atoms with Crippen molar-refractivity contribution < 1.29 is 4.79 Å². The average molecular weight is 289 g/mol. The Bertz CT molecular complexity index is 568. The van der Waals surface area contributed by atoms with Gasteiger partial charge < -0.3 is 5.73 Å². The summed E-state index contributed by atoms with van der Waals surface area (Å²) in [7, 11) is 1.90. The van der Waals surface area contributed by atoms with E-state index in [-0.39, 0.29) is 5.91 Å². The highest BCUT2D eigenvalue weighted by Gasteiger charge is 2.23. The van der Waals surface area contributed by atoms with Gasteiger partial charge in [0.25, 0.3) is 0 Å². The second-order valence-electron chi connectivity index (χ2n) is 4.72. The number of benzene rings is 1. The molecule has 5 heteroatoms. The lowest BCUT2D eigenvalue weighted by Crippen LogP contribution is -2.35. The number of aryl methyl sites for hydroxylation is 1. The van der Waals surface area contributed by atoms with E-state index in [2.05, 4.69) is 11.9 Å². The van der Waals surface area contributed by atoms with Crippen LogP contribution in [0.1, 0.15) is 29.2 Å². The van der Waals surface area contributed by atoms with Crippen molar-refractivity contribution in [2.75, 3.05) is 7.05 Å². The topological polar surface area (TPSA) is 59.2 Å². The Morgan fingerprint density at radius 2 is 2.10 bits per heavy atom.